The molecule has 4 rings (SSSR count). The van der Waals surface area contributed by atoms with E-state index in [1.54, 1.807) is 0 Å². The van der Waals surface area contributed by atoms with Crippen molar-refractivity contribution < 1.29 is 9.90 Å². The molecule has 0 aromatic heterocycles. The molecule has 1 saturated heterocycles. The number of carbonyl (C=O) groups is 1. The van der Waals surface area contributed by atoms with Gasteiger partial charge < -0.3 is 14.9 Å². The van der Waals surface area contributed by atoms with Crippen LogP contribution in [0.5, 0.6) is 0 Å². The van der Waals surface area contributed by atoms with Gasteiger partial charge in [-0.3, -0.25) is 4.79 Å². The number of likely N-dealkylation sites (tertiary alicyclic amines) is 1. The lowest BCUT2D eigenvalue weighted by Gasteiger charge is -2.36. The molecular weight excluding hydrogens is 300 g/mol. The van der Waals surface area contributed by atoms with Gasteiger partial charge in [-0.15, -0.1) is 0 Å². The van der Waals surface area contributed by atoms with Crippen LogP contribution in [0.2, 0.25) is 0 Å². The third kappa shape index (κ3) is 3.04. The molecule has 1 aromatic carbocycles. The fraction of sp³-hybridized carbons (Fsp3) is 0.650. The van der Waals surface area contributed by atoms with Crippen LogP contribution >= 0.6 is 0 Å². The molecule has 1 saturated carbocycles. The van der Waals surface area contributed by atoms with Crippen molar-refractivity contribution in [1.82, 2.24) is 4.90 Å². The van der Waals surface area contributed by atoms with Crippen LogP contribution in [0.4, 0.5) is 5.69 Å². The molecule has 1 N–H and O–H groups in total. The lowest BCUT2D eigenvalue weighted by Crippen LogP contribution is -2.45. The predicted octanol–water partition coefficient (Wildman–Crippen LogP) is 2.45. The van der Waals surface area contributed by atoms with E-state index in [0.717, 1.165) is 64.7 Å². The Morgan fingerprint density at radius 3 is 2.62 bits per heavy atom. The summed E-state index contributed by atoms with van der Waals surface area (Å²) in [6.07, 6.45) is 5.58. The molecule has 2 heterocycles. The van der Waals surface area contributed by atoms with Gasteiger partial charge in [-0.05, 0) is 56.1 Å². The molecule has 0 bridgehead atoms. The Bertz CT molecular complexity index is 595. The Labute approximate surface area is 144 Å². The first kappa shape index (κ1) is 15.9. The van der Waals surface area contributed by atoms with E-state index in [1.165, 1.54) is 11.3 Å². The summed E-state index contributed by atoms with van der Waals surface area (Å²) >= 11 is 0. The number of hydrogen-bond acceptors (Lipinski definition) is 3. The van der Waals surface area contributed by atoms with Crippen molar-refractivity contribution in [3.05, 3.63) is 29.8 Å². The lowest BCUT2D eigenvalue weighted by atomic mass is 9.94. The molecule has 1 aromatic rings. The van der Waals surface area contributed by atoms with Gasteiger partial charge >= 0.3 is 0 Å². The predicted molar refractivity (Wildman–Crippen MR) is 95.0 cm³/mol. The highest BCUT2D eigenvalue weighted by Crippen LogP contribution is 2.32. The molecule has 4 heteroatoms. The number of aliphatic hydroxyl groups excluding tert-OH is 1. The highest BCUT2D eigenvalue weighted by Gasteiger charge is 2.36. The minimum Gasteiger partial charge on any atom is -0.392 e. The second kappa shape index (κ2) is 6.75. The van der Waals surface area contributed by atoms with Crippen molar-refractivity contribution in [3.63, 3.8) is 0 Å². The molecule has 2 aliphatic heterocycles. The van der Waals surface area contributed by atoms with E-state index < -0.39 is 6.10 Å². The summed E-state index contributed by atoms with van der Waals surface area (Å²) in [5.41, 5.74) is 2.88. The van der Waals surface area contributed by atoms with Gasteiger partial charge in [-0.2, -0.15) is 0 Å². The first-order chi connectivity index (χ1) is 11.7. The van der Waals surface area contributed by atoms with Crippen LogP contribution in [0.25, 0.3) is 0 Å². The number of rotatable bonds is 3. The minimum atomic E-state index is -0.406. The van der Waals surface area contributed by atoms with Crippen LogP contribution < -0.4 is 4.90 Å². The molecule has 1 amide bonds. The van der Waals surface area contributed by atoms with E-state index in [9.17, 15) is 9.90 Å². The van der Waals surface area contributed by atoms with Crippen molar-refractivity contribution in [2.45, 2.75) is 44.6 Å². The van der Waals surface area contributed by atoms with E-state index >= 15 is 0 Å². The maximum Gasteiger partial charge on any atom is 0.228 e. The zero-order chi connectivity index (χ0) is 16.5. The quantitative estimate of drug-likeness (QED) is 0.927. The fourth-order valence-corrected chi connectivity index (χ4v) is 4.71. The van der Waals surface area contributed by atoms with Crippen molar-refractivity contribution in [2.24, 2.45) is 11.8 Å². The second-order valence-corrected chi connectivity index (χ2v) is 7.70. The number of anilines is 1. The smallest absolute Gasteiger partial charge is 0.228 e. The number of amides is 1. The highest BCUT2D eigenvalue weighted by atomic mass is 16.3. The molecule has 24 heavy (non-hydrogen) atoms. The number of para-hydroxylation sites is 1. The van der Waals surface area contributed by atoms with Crippen LogP contribution in [-0.4, -0.2) is 48.2 Å². The number of hydrogen-bond donors (Lipinski definition) is 1. The summed E-state index contributed by atoms with van der Waals surface area (Å²) in [4.78, 5) is 17.1. The van der Waals surface area contributed by atoms with Crippen molar-refractivity contribution in [1.29, 1.82) is 0 Å². The summed E-state index contributed by atoms with van der Waals surface area (Å²) in [5.74, 6) is 0.741. The molecule has 2 fully saturated rings. The summed E-state index contributed by atoms with van der Waals surface area (Å²) in [5, 5.41) is 9.97. The number of fused-ring (bicyclic) bond motifs is 1. The first-order valence-electron chi connectivity index (χ1n) is 9.52. The largest absolute Gasteiger partial charge is 0.392 e. The number of nitrogens with zero attached hydrogens (tertiary/aromatic N) is 2. The monoisotopic (exact) mass is 328 g/mol. The molecular formula is C20H28N2O2. The maximum atomic E-state index is 12.6. The number of carbonyl (C=O) groups excluding carboxylic acids is 1. The summed E-state index contributed by atoms with van der Waals surface area (Å²) in [7, 11) is 0. The average molecular weight is 328 g/mol. The van der Waals surface area contributed by atoms with Gasteiger partial charge in [0.05, 0.1) is 12.0 Å². The van der Waals surface area contributed by atoms with Gasteiger partial charge in [-0.1, -0.05) is 18.2 Å². The molecule has 2 atom stereocenters. The van der Waals surface area contributed by atoms with Crippen molar-refractivity contribution in [2.75, 3.05) is 31.1 Å². The number of piperidine rings is 1. The van der Waals surface area contributed by atoms with Crippen molar-refractivity contribution >= 4 is 11.6 Å². The number of aliphatic hydroxyl groups is 1. The van der Waals surface area contributed by atoms with Gasteiger partial charge in [0.1, 0.15) is 0 Å². The van der Waals surface area contributed by atoms with Gasteiger partial charge in [0.2, 0.25) is 5.91 Å². The summed E-state index contributed by atoms with van der Waals surface area (Å²) in [6.45, 7) is 3.97. The molecule has 4 nitrogen and oxygen atoms in total. The van der Waals surface area contributed by atoms with E-state index in [2.05, 4.69) is 29.2 Å². The standard InChI is InChI=1S/C20H28N2O2/c23-19-7-3-5-17(19)20(24)21-11-8-15(9-12-21)14-22-13-10-16-4-1-2-6-18(16)22/h1-2,4,6,15,17,19,23H,3,5,7-14H2. The minimum absolute atomic E-state index is 0.132. The first-order valence-corrected chi connectivity index (χ1v) is 9.52. The van der Waals surface area contributed by atoms with E-state index in [4.69, 9.17) is 0 Å². The molecule has 2 unspecified atom stereocenters. The van der Waals surface area contributed by atoms with E-state index in [-0.39, 0.29) is 11.8 Å². The Hall–Kier alpha value is -1.55. The van der Waals surface area contributed by atoms with Crippen LogP contribution in [0.1, 0.15) is 37.7 Å². The average Bonchev–Trinajstić information content (AvgIpc) is 3.22. The molecule has 3 aliphatic rings. The maximum absolute atomic E-state index is 12.6. The second-order valence-electron chi connectivity index (χ2n) is 7.70. The Balaban J connectivity index is 1.30. The molecule has 130 valence electrons. The van der Waals surface area contributed by atoms with Crippen LogP contribution in [0, 0.1) is 11.8 Å². The van der Waals surface area contributed by atoms with Gasteiger partial charge in [-0.25, -0.2) is 0 Å². The zero-order valence-corrected chi connectivity index (χ0v) is 14.4. The molecule has 0 spiro atoms. The third-order valence-electron chi connectivity index (χ3n) is 6.18. The third-order valence-corrected chi connectivity index (χ3v) is 6.18. The SMILES string of the molecule is O=C(C1CCCC1O)N1CCC(CN2CCc3ccccc32)CC1. The van der Waals surface area contributed by atoms with Gasteiger partial charge in [0.25, 0.3) is 0 Å². The molecule has 0 radical (unpaired) electrons. The van der Waals surface area contributed by atoms with E-state index in [1.807, 2.05) is 4.90 Å². The van der Waals surface area contributed by atoms with Crippen LogP contribution in [0.3, 0.4) is 0 Å². The Kier molecular flexibility index (Phi) is 4.49. The summed E-state index contributed by atoms with van der Waals surface area (Å²) < 4.78 is 0. The zero-order valence-electron chi connectivity index (χ0n) is 14.4. The number of benzene rings is 1. The van der Waals surface area contributed by atoms with Gasteiger partial charge in [0.15, 0.2) is 0 Å². The van der Waals surface area contributed by atoms with Crippen molar-refractivity contribution in [3.8, 4) is 0 Å². The normalized spacial score (nSPS) is 27.5. The Morgan fingerprint density at radius 1 is 1.08 bits per heavy atom. The Morgan fingerprint density at radius 2 is 1.88 bits per heavy atom. The topological polar surface area (TPSA) is 43.8 Å². The van der Waals surface area contributed by atoms with Gasteiger partial charge in [0, 0.05) is 31.9 Å². The fourth-order valence-electron chi connectivity index (χ4n) is 4.71. The van der Waals surface area contributed by atoms with Crippen LogP contribution in [0.15, 0.2) is 24.3 Å². The highest BCUT2D eigenvalue weighted by molar-refractivity contribution is 5.79. The molecule has 1 aliphatic carbocycles. The summed E-state index contributed by atoms with van der Waals surface area (Å²) in [6, 6.07) is 8.74. The lowest BCUT2D eigenvalue weighted by molar-refractivity contribution is -0.139. The van der Waals surface area contributed by atoms with E-state index in [0.29, 0.717) is 5.92 Å². The van der Waals surface area contributed by atoms with Crippen LogP contribution in [-0.2, 0) is 11.2 Å².